The number of thioether (sulfide) groups is 1. The first-order valence-electron chi connectivity index (χ1n) is 7.82. The Labute approximate surface area is 159 Å². The highest BCUT2D eigenvalue weighted by Crippen LogP contribution is 2.06. The zero-order chi connectivity index (χ0) is 21.1. The average Bonchev–Trinajstić information content (AvgIpc) is 2.56. The Kier molecular flexibility index (Phi) is 11.0. The molecule has 0 aromatic carbocycles. The van der Waals surface area contributed by atoms with Crippen LogP contribution in [0.15, 0.2) is 0 Å². The van der Waals surface area contributed by atoms with Crippen molar-refractivity contribution in [2.75, 3.05) is 11.5 Å². The van der Waals surface area contributed by atoms with Crippen LogP contribution < -0.4 is 22.1 Å². The van der Waals surface area contributed by atoms with Gasteiger partial charge in [-0.05, 0) is 13.3 Å². The first-order valence-corrected chi connectivity index (χ1v) is 8.98. The molecule has 13 heteroatoms. The van der Waals surface area contributed by atoms with Crippen molar-refractivity contribution in [1.82, 2.24) is 10.6 Å². The third-order valence-corrected chi connectivity index (χ3v) is 4.38. The predicted molar refractivity (Wildman–Crippen MR) is 95.0 cm³/mol. The van der Waals surface area contributed by atoms with E-state index in [0.717, 1.165) is 11.8 Å². The number of carboxylic acid groups (broad SMARTS) is 3. The minimum absolute atomic E-state index is 0.0423. The molecular weight excluding hydrogens is 384 g/mol. The van der Waals surface area contributed by atoms with Crippen molar-refractivity contribution in [1.29, 1.82) is 0 Å². The van der Waals surface area contributed by atoms with Gasteiger partial charge < -0.3 is 37.4 Å². The first-order chi connectivity index (χ1) is 12.5. The van der Waals surface area contributed by atoms with Gasteiger partial charge in [0.05, 0.1) is 6.04 Å². The van der Waals surface area contributed by atoms with Crippen molar-refractivity contribution in [2.24, 2.45) is 11.5 Å². The number of rotatable bonds is 13. The van der Waals surface area contributed by atoms with Gasteiger partial charge in [0.15, 0.2) is 0 Å². The van der Waals surface area contributed by atoms with Gasteiger partial charge in [0.1, 0.15) is 18.1 Å². The quantitative estimate of drug-likeness (QED) is 0.167. The van der Waals surface area contributed by atoms with E-state index in [2.05, 4.69) is 10.6 Å². The summed E-state index contributed by atoms with van der Waals surface area (Å²) in [7, 11) is 0. The van der Waals surface area contributed by atoms with E-state index < -0.39 is 53.9 Å². The molecular formula is C14H24N4O8S. The first kappa shape index (κ1) is 24.6. The standard InChI is InChI=1S/C14H24N4O8S/c1-6(15)11(20)18-8(13(23)24)2-3-10(19)17-9(14(25)26)5-27-4-7(16)12(21)22/h6-9H,2-5,15-16H2,1H3,(H,17,19)(H,18,20)(H,21,22)(H,23,24)(H,25,26)/t6-,7-,8+,9+/m0/s1. The van der Waals surface area contributed by atoms with Crippen LogP contribution in [0.4, 0.5) is 0 Å². The fourth-order valence-corrected chi connectivity index (χ4v) is 2.66. The molecule has 0 heterocycles. The summed E-state index contributed by atoms with van der Waals surface area (Å²) in [6.07, 6.45) is -0.609. The summed E-state index contributed by atoms with van der Waals surface area (Å²) in [5.74, 6) is -5.51. The molecule has 2 amide bonds. The molecule has 0 aliphatic heterocycles. The number of carbonyl (C=O) groups is 5. The zero-order valence-corrected chi connectivity index (χ0v) is 15.4. The molecule has 0 saturated heterocycles. The van der Waals surface area contributed by atoms with E-state index in [0.29, 0.717) is 0 Å². The number of hydrogen-bond donors (Lipinski definition) is 7. The summed E-state index contributed by atoms with van der Waals surface area (Å²) in [6.45, 7) is 1.37. The molecule has 0 rings (SSSR count). The van der Waals surface area contributed by atoms with E-state index in [9.17, 15) is 24.0 Å². The Morgan fingerprint density at radius 1 is 0.889 bits per heavy atom. The Bertz CT molecular complexity index is 571. The molecule has 0 fully saturated rings. The lowest BCUT2D eigenvalue weighted by Crippen LogP contribution is -2.48. The highest BCUT2D eigenvalue weighted by atomic mass is 32.2. The second-order valence-electron chi connectivity index (χ2n) is 5.67. The number of aliphatic carboxylic acids is 3. The maximum Gasteiger partial charge on any atom is 0.327 e. The number of amides is 2. The summed E-state index contributed by atoms with van der Waals surface area (Å²) in [5, 5.41) is 31.2. The van der Waals surface area contributed by atoms with Crippen LogP contribution in [0.25, 0.3) is 0 Å². The molecule has 4 atom stereocenters. The smallest absolute Gasteiger partial charge is 0.327 e. The lowest BCUT2D eigenvalue weighted by atomic mass is 10.1. The molecule has 0 spiro atoms. The summed E-state index contributed by atoms with van der Waals surface area (Å²) in [5.41, 5.74) is 10.6. The summed E-state index contributed by atoms with van der Waals surface area (Å²) < 4.78 is 0. The zero-order valence-electron chi connectivity index (χ0n) is 14.6. The lowest BCUT2D eigenvalue weighted by Gasteiger charge is -2.17. The summed E-state index contributed by atoms with van der Waals surface area (Å²) >= 11 is 0.943. The van der Waals surface area contributed by atoms with E-state index in [-0.39, 0.29) is 24.3 Å². The van der Waals surface area contributed by atoms with Gasteiger partial charge in [-0.15, -0.1) is 0 Å². The number of hydrogen-bond acceptors (Lipinski definition) is 8. The lowest BCUT2D eigenvalue weighted by molar-refractivity contribution is -0.143. The molecule has 0 aliphatic carbocycles. The summed E-state index contributed by atoms with van der Waals surface area (Å²) in [4.78, 5) is 56.2. The molecule has 0 radical (unpaired) electrons. The van der Waals surface area contributed by atoms with Gasteiger partial charge in [-0.1, -0.05) is 0 Å². The van der Waals surface area contributed by atoms with Crippen LogP contribution >= 0.6 is 11.8 Å². The van der Waals surface area contributed by atoms with Gasteiger partial charge in [-0.2, -0.15) is 11.8 Å². The van der Waals surface area contributed by atoms with Crippen LogP contribution in [0, 0.1) is 0 Å². The summed E-state index contributed by atoms with van der Waals surface area (Å²) in [6, 6.07) is -4.73. The van der Waals surface area contributed by atoms with E-state index in [1.165, 1.54) is 6.92 Å². The Balaban J connectivity index is 4.54. The molecule has 12 nitrogen and oxygen atoms in total. The fraction of sp³-hybridized carbons (Fsp3) is 0.643. The molecule has 9 N–H and O–H groups in total. The molecule has 0 aromatic rings. The van der Waals surface area contributed by atoms with Crippen molar-refractivity contribution in [3.05, 3.63) is 0 Å². The van der Waals surface area contributed by atoms with Gasteiger partial charge in [0, 0.05) is 17.9 Å². The van der Waals surface area contributed by atoms with Gasteiger partial charge in [0.2, 0.25) is 11.8 Å². The van der Waals surface area contributed by atoms with Crippen molar-refractivity contribution in [3.8, 4) is 0 Å². The van der Waals surface area contributed by atoms with Crippen molar-refractivity contribution >= 4 is 41.5 Å². The number of carbonyl (C=O) groups excluding carboxylic acids is 2. The van der Waals surface area contributed by atoms with E-state index in [1.54, 1.807) is 0 Å². The molecule has 0 saturated carbocycles. The topological polar surface area (TPSA) is 222 Å². The van der Waals surface area contributed by atoms with Crippen LogP contribution in [0.3, 0.4) is 0 Å². The van der Waals surface area contributed by atoms with Gasteiger partial charge in [-0.3, -0.25) is 14.4 Å². The van der Waals surface area contributed by atoms with Crippen LogP contribution in [-0.4, -0.2) is 80.7 Å². The number of nitrogens with two attached hydrogens (primary N) is 2. The maximum atomic E-state index is 11.9. The minimum atomic E-state index is -1.36. The largest absolute Gasteiger partial charge is 0.480 e. The third-order valence-electron chi connectivity index (χ3n) is 3.22. The maximum absolute atomic E-state index is 11.9. The second kappa shape index (κ2) is 12.1. The van der Waals surface area contributed by atoms with E-state index >= 15 is 0 Å². The molecule has 27 heavy (non-hydrogen) atoms. The van der Waals surface area contributed by atoms with Crippen molar-refractivity contribution < 1.29 is 39.3 Å². The molecule has 0 bridgehead atoms. The second-order valence-corrected chi connectivity index (χ2v) is 6.74. The van der Waals surface area contributed by atoms with Crippen LogP contribution in [0.5, 0.6) is 0 Å². The Hall–Kier alpha value is -2.38. The normalized spacial score (nSPS) is 15.1. The third kappa shape index (κ3) is 10.4. The van der Waals surface area contributed by atoms with Crippen molar-refractivity contribution in [3.63, 3.8) is 0 Å². The fourth-order valence-electron chi connectivity index (χ4n) is 1.66. The highest BCUT2D eigenvalue weighted by molar-refractivity contribution is 7.99. The molecule has 0 unspecified atom stereocenters. The van der Waals surface area contributed by atoms with Crippen LogP contribution in [0.1, 0.15) is 19.8 Å². The molecule has 0 aromatic heterocycles. The number of nitrogens with one attached hydrogen (secondary N) is 2. The molecule has 0 aliphatic rings. The minimum Gasteiger partial charge on any atom is -0.480 e. The predicted octanol–water partition coefficient (Wildman–Crippen LogP) is -2.60. The van der Waals surface area contributed by atoms with E-state index in [4.69, 9.17) is 26.8 Å². The van der Waals surface area contributed by atoms with Gasteiger partial charge in [-0.25, -0.2) is 9.59 Å². The Morgan fingerprint density at radius 2 is 1.44 bits per heavy atom. The van der Waals surface area contributed by atoms with E-state index in [1.807, 2.05) is 0 Å². The highest BCUT2D eigenvalue weighted by Gasteiger charge is 2.25. The Morgan fingerprint density at radius 3 is 1.89 bits per heavy atom. The average molecular weight is 408 g/mol. The van der Waals surface area contributed by atoms with Crippen LogP contribution in [0.2, 0.25) is 0 Å². The number of carboxylic acids is 3. The molecule has 154 valence electrons. The van der Waals surface area contributed by atoms with Crippen LogP contribution in [-0.2, 0) is 24.0 Å². The van der Waals surface area contributed by atoms with Gasteiger partial charge in [0.25, 0.3) is 0 Å². The van der Waals surface area contributed by atoms with Crippen molar-refractivity contribution in [2.45, 2.75) is 43.9 Å². The monoisotopic (exact) mass is 408 g/mol. The SMILES string of the molecule is C[C@H](N)C(=O)N[C@H](CCC(=O)N[C@H](CSC[C@H](N)C(=O)O)C(=O)O)C(=O)O. The van der Waals surface area contributed by atoms with Gasteiger partial charge >= 0.3 is 17.9 Å².